The number of aromatic carboxylic acids is 1. The number of anilines is 1. The number of nitro benzene ring substituents is 1. The van der Waals surface area contributed by atoms with Crippen LogP contribution in [0.25, 0.3) is 0 Å². The average Bonchev–Trinajstić information content (AvgIpc) is 2.86. The summed E-state index contributed by atoms with van der Waals surface area (Å²) >= 11 is 3.99. The maximum atomic E-state index is 12.1. The third-order valence-corrected chi connectivity index (χ3v) is 4.26. The number of hydrogen-bond donors (Lipinski definition) is 2. The molecular weight excluding hydrogens is 364 g/mol. The van der Waals surface area contributed by atoms with Crippen LogP contribution in [0.2, 0.25) is 0 Å². The number of carboxylic acid groups (broad SMARTS) is 1. The van der Waals surface area contributed by atoms with Gasteiger partial charge in [-0.05, 0) is 33.4 Å². The highest BCUT2D eigenvalue weighted by Gasteiger charge is 2.21. The van der Waals surface area contributed by atoms with Crippen molar-refractivity contribution in [3.63, 3.8) is 0 Å². The molecule has 0 atom stereocenters. The number of carboxylic acids is 1. The molecule has 0 aliphatic rings. The summed E-state index contributed by atoms with van der Waals surface area (Å²) < 4.78 is 0.0413. The molecule has 1 amide bonds. The first kappa shape index (κ1) is 15.1. The summed E-state index contributed by atoms with van der Waals surface area (Å²) in [5, 5.41) is 23.8. The minimum absolute atomic E-state index is 0.00935. The molecule has 2 rings (SSSR count). The molecule has 0 spiro atoms. The molecule has 0 aliphatic carbocycles. The van der Waals surface area contributed by atoms with Crippen LogP contribution in [0.3, 0.4) is 0 Å². The quantitative estimate of drug-likeness (QED) is 0.633. The number of thiophene rings is 1. The van der Waals surface area contributed by atoms with Crippen molar-refractivity contribution in [2.24, 2.45) is 0 Å². The molecule has 1 aromatic heterocycles. The highest BCUT2D eigenvalue weighted by molar-refractivity contribution is 9.10. The fourth-order valence-corrected chi connectivity index (χ4v) is 2.88. The van der Waals surface area contributed by atoms with Crippen molar-refractivity contribution in [1.82, 2.24) is 0 Å². The number of amides is 1. The van der Waals surface area contributed by atoms with E-state index in [4.69, 9.17) is 5.11 Å². The number of nitrogens with zero attached hydrogens (tertiary/aromatic N) is 1. The largest absolute Gasteiger partial charge is 0.477 e. The molecule has 1 aromatic carbocycles. The summed E-state index contributed by atoms with van der Waals surface area (Å²) in [6.07, 6.45) is 0. The zero-order valence-corrected chi connectivity index (χ0v) is 12.6. The Morgan fingerprint density at radius 3 is 2.67 bits per heavy atom. The van der Waals surface area contributed by atoms with Gasteiger partial charge >= 0.3 is 5.97 Å². The molecule has 2 aromatic rings. The fraction of sp³-hybridized carbons (Fsp3) is 0. The van der Waals surface area contributed by atoms with Crippen LogP contribution < -0.4 is 5.32 Å². The third-order valence-electron chi connectivity index (χ3n) is 2.53. The van der Waals surface area contributed by atoms with E-state index < -0.39 is 16.8 Å². The van der Waals surface area contributed by atoms with Gasteiger partial charge in [0, 0.05) is 6.07 Å². The van der Waals surface area contributed by atoms with E-state index in [1.165, 1.54) is 29.6 Å². The molecule has 21 heavy (non-hydrogen) atoms. The van der Waals surface area contributed by atoms with E-state index in [0.29, 0.717) is 0 Å². The van der Waals surface area contributed by atoms with E-state index >= 15 is 0 Å². The lowest BCUT2D eigenvalue weighted by Gasteiger charge is -2.06. The van der Waals surface area contributed by atoms with Gasteiger partial charge in [-0.15, -0.1) is 11.3 Å². The average molecular weight is 371 g/mol. The van der Waals surface area contributed by atoms with Crippen LogP contribution in [-0.2, 0) is 0 Å². The fourth-order valence-electron chi connectivity index (χ4n) is 1.60. The van der Waals surface area contributed by atoms with E-state index in [1.54, 1.807) is 0 Å². The summed E-state index contributed by atoms with van der Waals surface area (Å²) in [5.41, 5.74) is -0.0472. The molecule has 1 heterocycles. The van der Waals surface area contributed by atoms with E-state index in [9.17, 15) is 19.7 Å². The molecule has 2 N–H and O–H groups in total. The maximum absolute atomic E-state index is 12.1. The van der Waals surface area contributed by atoms with Gasteiger partial charge in [-0.1, -0.05) is 6.07 Å². The number of nitro groups is 1. The first-order valence-corrected chi connectivity index (χ1v) is 7.14. The van der Waals surface area contributed by atoms with E-state index in [1.807, 2.05) is 0 Å². The minimum Gasteiger partial charge on any atom is -0.477 e. The van der Waals surface area contributed by atoms with Crippen molar-refractivity contribution >= 4 is 50.5 Å². The lowest BCUT2D eigenvalue weighted by molar-refractivity contribution is -0.385. The molecule has 0 aliphatic heterocycles. The van der Waals surface area contributed by atoms with Gasteiger partial charge in [-0.25, -0.2) is 4.79 Å². The predicted octanol–water partition coefficient (Wildman–Crippen LogP) is 3.37. The Hall–Kier alpha value is -2.26. The second-order valence-electron chi connectivity index (χ2n) is 3.82. The molecule has 108 valence electrons. The standard InChI is InChI=1S/C12H7BrN2O5S/c13-9-6(2-1-3-8(9)15(19)20)11(16)14-7-4-5-21-10(7)12(17)18/h1-5H,(H,14,16)(H,17,18). The minimum atomic E-state index is -1.15. The number of halogens is 1. The van der Waals surface area contributed by atoms with Crippen molar-refractivity contribution < 1.29 is 19.6 Å². The number of rotatable bonds is 4. The van der Waals surface area contributed by atoms with Gasteiger partial charge < -0.3 is 10.4 Å². The number of benzene rings is 1. The number of carbonyl (C=O) groups is 2. The first-order valence-electron chi connectivity index (χ1n) is 5.47. The van der Waals surface area contributed by atoms with Gasteiger partial charge in [-0.2, -0.15) is 0 Å². The summed E-state index contributed by atoms with van der Waals surface area (Å²) in [6.45, 7) is 0. The molecule has 0 bridgehead atoms. The lowest BCUT2D eigenvalue weighted by Crippen LogP contribution is -2.14. The topological polar surface area (TPSA) is 110 Å². The highest BCUT2D eigenvalue weighted by Crippen LogP contribution is 2.29. The van der Waals surface area contributed by atoms with Crippen LogP contribution in [-0.4, -0.2) is 21.9 Å². The van der Waals surface area contributed by atoms with Gasteiger partial charge in [0.2, 0.25) is 0 Å². The van der Waals surface area contributed by atoms with Gasteiger partial charge in [-0.3, -0.25) is 14.9 Å². The van der Waals surface area contributed by atoms with Crippen LogP contribution in [0.1, 0.15) is 20.0 Å². The van der Waals surface area contributed by atoms with Gasteiger partial charge in [0.1, 0.15) is 9.35 Å². The monoisotopic (exact) mass is 370 g/mol. The van der Waals surface area contributed by atoms with Crippen molar-refractivity contribution in [3.8, 4) is 0 Å². The van der Waals surface area contributed by atoms with Gasteiger partial charge in [0.25, 0.3) is 11.6 Å². The van der Waals surface area contributed by atoms with Crippen LogP contribution >= 0.6 is 27.3 Å². The van der Waals surface area contributed by atoms with Crippen LogP contribution in [0.4, 0.5) is 11.4 Å². The Labute approximate surface area is 130 Å². The van der Waals surface area contributed by atoms with Crippen molar-refractivity contribution in [2.45, 2.75) is 0 Å². The van der Waals surface area contributed by atoms with Crippen molar-refractivity contribution in [3.05, 3.63) is 54.7 Å². The Kier molecular flexibility index (Phi) is 4.34. The zero-order valence-electron chi connectivity index (χ0n) is 10.2. The van der Waals surface area contributed by atoms with Crippen molar-refractivity contribution in [2.75, 3.05) is 5.32 Å². The second kappa shape index (κ2) is 6.02. The Morgan fingerprint density at radius 1 is 1.33 bits per heavy atom. The lowest BCUT2D eigenvalue weighted by atomic mass is 10.2. The Bertz CT molecular complexity index is 743. The molecule has 0 unspecified atom stereocenters. The van der Waals surface area contributed by atoms with Crippen LogP contribution in [0.15, 0.2) is 34.1 Å². The number of nitrogens with one attached hydrogen (secondary N) is 1. The predicted molar refractivity (Wildman–Crippen MR) is 80.0 cm³/mol. The number of hydrogen-bond acceptors (Lipinski definition) is 5. The molecule has 0 saturated heterocycles. The highest BCUT2D eigenvalue weighted by atomic mass is 79.9. The van der Waals surface area contributed by atoms with Crippen LogP contribution in [0.5, 0.6) is 0 Å². The Morgan fingerprint density at radius 2 is 2.05 bits per heavy atom. The van der Waals surface area contributed by atoms with Gasteiger partial charge in [0.15, 0.2) is 0 Å². The normalized spacial score (nSPS) is 10.1. The first-order chi connectivity index (χ1) is 9.91. The molecule has 0 fully saturated rings. The molecule has 7 nitrogen and oxygen atoms in total. The second-order valence-corrected chi connectivity index (χ2v) is 5.53. The molecule has 0 radical (unpaired) electrons. The third kappa shape index (κ3) is 3.09. The van der Waals surface area contributed by atoms with Crippen molar-refractivity contribution in [1.29, 1.82) is 0 Å². The maximum Gasteiger partial charge on any atom is 0.348 e. The molecular formula is C12H7BrN2O5S. The summed E-state index contributed by atoms with van der Waals surface area (Å²) in [4.78, 5) is 33.3. The Balaban J connectivity index is 2.33. The van der Waals surface area contributed by atoms with E-state index in [2.05, 4.69) is 21.2 Å². The SMILES string of the molecule is O=C(Nc1ccsc1C(=O)O)c1cccc([N+](=O)[O-])c1Br. The van der Waals surface area contributed by atoms with E-state index in [-0.39, 0.29) is 26.3 Å². The van der Waals surface area contributed by atoms with E-state index in [0.717, 1.165) is 11.3 Å². The summed E-state index contributed by atoms with van der Waals surface area (Å²) in [5.74, 6) is -1.79. The summed E-state index contributed by atoms with van der Waals surface area (Å²) in [6, 6.07) is 5.49. The number of carbonyl (C=O) groups excluding carboxylic acids is 1. The van der Waals surface area contributed by atoms with Crippen LogP contribution in [0, 0.1) is 10.1 Å². The van der Waals surface area contributed by atoms with Gasteiger partial charge in [0.05, 0.1) is 16.2 Å². The summed E-state index contributed by atoms with van der Waals surface area (Å²) in [7, 11) is 0. The molecule has 9 heteroatoms. The smallest absolute Gasteiger partial charge is 0.348 e. The zero-order chi connectivity index (χ0) is 15.6. The molecule has 0 saturated carbocycles.